The first-order valence-electron chi connectivity index (χ1n) is 7.73. The minimum Gasteiger partial charge on any atom is -0.396 e. The molecule has 0 spiro atoms. The number of aliphatic hydroxyl groups excluding tert-OH is 1. The second-order valence-corrected chi connectivity index (χ2v) is 5.52. The molecule has 0 radical (unpaired) electrons. The molecule has 0 saturated carbocycles. The van der Waals surface area contributed by atoms with Crippen LogP contribution >= 0.6 is 0 Å². The summed E-state index contributed by atoms with van der Waals surface area (Å²) < 4.78 is 5.16. The van der Waals surface area contributed by atoms with Gasteiger partial charge in [-0.25, -0.2) is 9.97 Å². The van der Waals surface area contributed by atoms with Crippen molar-refractivity contribution in [1.82, 2.24) is 9.97 Å². The number of nitrogens with zero attached hydrogens (tertiary/aromatic N) is 3. The number of methoxy groups -OCH3 is 1. The Morgan fingerprint density at radius 3 is 3.05 bits per heavy atom. The summed E-state index contributed by atoms with van der Waals surface area (Å²) in [5, 5.41) is 12.7. The van der Waals surface area contributed by atoms with E-state index in [0.717, 1.165) is 50.5 Å². The van der Waals surface area contributed by atoms with Gasteiger partial charge in [0, 0.05) is 39.4 Å². The van der Waals surface area contributed by atoms with Crippen molar-refractivity contribution >= 4 is 11.6 Å². The predicted molar refractivity (Wildman–Crippen MR) is 83.5 cm³/mol. The Balaban J connectivity index is 2.17. The average molecular weight is 294 g/mol. The zero-order valence-electron chi connectivity index (χ0n) is 13.0. The summed E-state index contributed by atoms with van der Waals surface area (Å²) in [7, 11) is 1.65. The lowest BCUT2D eigenvalue weighted by Crippen LogP contribution is -2.37. The summed E-state index contributed by atoms with van der Waals surface area (Å²) in [6.07, 6.45) is 3.23. The highest BCUT2D eigenvalue weighted by Gasteiger charge is 2.21. The minimum atomic E-state index is 0.244. The molecule has 1 fully saturated rings. The van der Waals surface area contributed by atoms with Crippen molar-refractivity contribution in [2.45, 2.75) is 32.8 Å². The maximum Gasteiger partial charge on any atom is 0.158 e. The summed E-state index contributed by atoms with van der Waals surface area (Å²) in [5.74, 6) is 2.81. The van der Waals surface area contributed by atoms with Gasteiger partial charge in [-0.3, -0.25) is 0 Å². The number of hydrogen-bond acceptors (Lipinski definition) is 6. The SMILES string of the molecule is CCCNc1cc(N2CCCC(CO)C2)nc(COC)n1. The predicted octanol–water partition coefficient (Wildman–Crippen LogP) is 1.65. The molecule has 2 heterocycles. The summed E-state index contributed by atoms with van der Waals surface area (Å²) in [6.45, 7) is 5.50. The van der Waals surface area contributed by atoms with E-state index in [0.29, 0.717) is 18.3 Å². The fourth-order valence-corrected chi connectivity index (χ4v) is 2.60. The number of rotatable bonds is 7. The van der Waals surface area contributed by atoms with Crippen LogP contribution in [0.1, 0.15) is 32.0 Å². The van der Waals surface area contributed by atoms with Crippen LogP contribution in [0.3, 0.4) is 0 Å². The molecule has 0 bridgehead atoms. The van der Waals surface area contributed by atoms with Crippen LogP contribution in [0.4, 0.5) is 11.6 Å². The molecule has 0 amide bonds. The van der Waals surface area contributed by atoms with E-state index in [1.807, 2.05) is 6.07 Å². The molecule has 0 aliphatic carbocycles. The van der Waals surface area contributed by atoms with Crippen LogP contribution in [-0.4, -0.2) is 48.4 Å². The van der Waals surface area contributed by atoms with E-state index in [1.165, 1.54) is 0 Å². The molecule has 1 aromatic heterocycles. The number of aliphatic hydroxyl groups is 1. The summed E-state index contributed by atoms with van der Waals surface area (Å²) in [6, 6.07) is 1.99. The van der Waals surface area contributed by atoms with E-state index in [1.54, 1.807) is 7.11 Å². The standard InChI is InChI=1S/C15H26N4O2/c1-3-6-16-13-8-15(18-14(17-13)11-21-2)19-7-4-5-12(9-19)10-20/h8,12,20H,3-7,9-11H2,1-2H3,(H,16,17,18). The van der Waals surface area contributed by atoms with Gasteiger partial charge in [0.15, 0.2) is 5.82 Å². The fourth-order valence-electron chi connectivity index (χ4n) is 2.60. The van der Waals surface area contributed by atoms with Crippen molar-refractivity contribution in [3.05, 3.63) is 11.9 Å². The largest absolute Gasteiger partial charge is 0.396 e. The van der Waals surface area contributed by atoms with Crippen LogP contribution in [0.15, 0.2) is 6.07 Å². The first kappa shape index (κ1) is 16.0. The Bertz CT molecular complexity index is 442. The summed E-state index contributed by atoms with van der Waals surface area (Å²) >= 11 is 0. The fraction of sp³-hybridized carbons (Fsp3) is 0.733. The molecule has 2 rings (SSSR count). The monoisotopic (exact) mass is 294 g/mol. The third-order valence-corrected chi connectivity index (χ3v) is 3.69. The third-order valence-electron chi connectivity index (χ3n) is 3.69. The maximum atomic E-state index is 9.37. The lowest BCUT2D eigenvalue weighted by Gasteiger charge is -2.33. The van der Waals surface area contributed by atoms with Gasteiger partial charge in [0.2, 0.25) is 0 Å². The second kappa shape index (κ2) is 8.14. The van der Waals surface area contributed by atoms with Gasteiger partial charge in [-0.2, -0.15) is 0 Å². The summed E-state index contributed by atoms with van der Waals surface area (Å²) in [4.78, 5) is 11.3. The molecule has 1 aromatic rings. The van der Waals surface area contributed by atoms with Crippen molar-refractivity contribution in [2.75, 3.05) is 43.6 Å². The molecule has 0 aromatic carbocycles. The number of aromatic nitrogens is 2. The topological polar surface area (TPSA) is 70.5 Å². The number of nitrogens with one attached hydrogen (secondary N) is 1. The van der Waals surface area contributed by atoms with Crippen molar-refractivity contribution in [3.8, 4) is 0 Å². The van der Waals surface area contributed by atoms with Gasteiger partial charge in [-0.15, -0.1) is 0 Å². The van der Waals surface area contributed by atoms with E-state index in [4.69, 9.17) is 4.74 Å². The molecule has 6 nitrogen and oxygen atoms in total. The van der Waals surface area contributed by atoms with Gasteiger partial charge in [-0.1, -0.05) is 6.92 Å². The normalized spacial score (nSPS) is 18.8. The van der Waals surface area contributed by atoms with E-state index in [9.17, 15) is 5.11 Å². The van der Waals surface area contributed by atoms with Crippen LogP contribution < -0.4 is 10.2 Å². The van der Waals surface area contributed by atoms with Crippen molar-refractivity contribution in [2.24, 2.45) is 5.92 Å². The highest BCUT2D eigenvalue weighted by atomic mass is 16.5. The first-order valence-corrected chi connectivity index (χ1v) is 7.73. The maximum absolute atomic E-state index is 9.37. The molecule has 21 heavy (non-hydrogen) atoms. The smallest absolute Gasteiger partial charge is 0.158 e. The molecule has 2 N–H and O–H groups in total. The lowest BCUT2D eigenvalue weighted by molar-refractivity contribution is 0.177. The van der Waals surface area contributed by atoms with Crippen LogP contribution in [0.5, 0.6) is 0 Å². The quantitative estimate of drug-likeness (QED) is 0.797. The summed E-state index contributed by atoms with van der Waals surface area (Å²) in [5.41, 5.74) is 0. The Morgan fingerprint density at radius 2 is 2.33 bits per heavy atom. The van der Waals surface area contributed by atoms with Crippen LogP contribution in [0.25, 0.3) is 0 Å². The second-order valence-electron chi connectivity index (χ2n) is 5.52. The Morgan fingerprint density at radius 1 is 1.48 bits per heavy atom. The van der Waals surface area contributed by atoms with Gasteiger partial charge < -0.3 is 20.1 Å². The minimum absolute atomic E-state index is 0.244. The van der Waals surface area contributed by atoms with Crippen molar-refractivity contribution in [1.29, 1.82) is 0 Å². The number of piperidine rings is 1. The number of ether oxygens (including phenoxy) is 1. The van der Waals surface area contributed by atoms with Gasteiger partial charge in [0.1, 0.15) is 18.2 Å². The zero-order chi connectivity index (χ0) is 15.1. The molecule has 1 saturated heterocycles. The van der Waals surface area contributed by atoms with E-state index in [-0.39, 0.29) is 6.61 Å². The lowest BCUT2D eigenvalue weighted by atomic mass is 9.99. The molecule has 118 valence electrons. The van der Waals surface area contributed by atoms with Crippen molar-refractivity contribution < 1.29 is 9.84 Å². The zero-order valence-corrected chi connectivity index (χ0v) is 13.0. The molecule has 1 aliphatic heterocycles. The highest BCUT2D eigenvalue weighted by molar-refractivity contribution is 5.49. The van der Waals surface area contributed by atoms with Gasteiger partial charge in [-0.05, 0) is 25.2 Å². The molecule has 1 atom stereocenters. The average Bonchev–Trinajstić information content (AvgIpc) is 2.53. The highest BCUT2D eigenvalue weighted by Crippen LogP contribution is 2.23. The molecule has 1 aliphatic rings. The molecular formula is C15H26N4O2. The molecular weight excluding hydrogens is 268 g/mol. The van der Waals surface area contributed by atoms with E-state index < -0.39 is 0 Å². The Labute approximate surface area is 126 Å². The van der Waals surface area contributed by atoms with Crippen molar-refractivity contribution in [3.63, 3.8) is 0 Å². The number of hydrogen-bond donors (Lipinski definition) is 2. The van der Waals surface area contributed by atoms with Crippen LogP contribution in [0.2, 0.25) is 0 Å². The van der Waals surface area contributed by atoms with Gasteiger partial charge in [0.25, 0.3) is 0 Å². The van der Waals surface area contributed by atoms with E-state index >= 15 is 0 Å². The third kappa shape index (κ3) is 4.54. The Kier molecular flexibility index (Phi) is 6.20. The van der Waals surface area contributed by atoms with E-state index in [2.05, 4.69) is 27.1 Å². The van der Waals surface area contributed by atoms with Gasteiger partial charge in [0.05, 0.1) is 0 Å². The molecule has 6 heteroatoms. The van der Waals surface area contributed by atoms with Crippen LogP contribution in [0, 0.1) is 5.92 Å². The number of anilines is 2. The Hall–Kier alpha value is -1.40. The van der Waals surface area contributed by atoms with Gasteiger partial charge >= 0.3 is 0 Å². The molecule has 1 unspecified atom stereocenters. The first-order chi connectivity index (χ1) is 10.3. The van der Waals surface area contributed by atoms with Crippen LogP contribution in [-0.2, 0) is 11.3 Å².